The van der Waals surface area contributed by atoms with Gasteiger partial charge in [-0.2, -0.15) is 13.5 Å². The molecule has 6 fully saturated rings. The third kappa shape index (κ3) is 55.5. The molecule has 0 aromatic rings. The fraction of sp³-hybridized carbons (Fsp3) is 0.818. The Morgan fingerprint density at radius 3 is 0.375 bits per heavy atom. The number of nitrogens with one attached hydrogen (secondary N) is 6. The maximum Gasteiger partial charge on any atom is 2.00 e. The van der Waals surface area contributed by atoms with Crippen molar-refractivity contribution >= 4 is 94.2 Å². The number of nitrogens with two attached hydrogens (primary N) is 12. The van der Waals surface area contributed by atoms with Crippen molar-refractivity contribution in [2.45, 2.75) is 340 Å². The number of carbonyl (C=O) groups is 12. The zero-order valence-electron chi connectivity index (χ0n) is 66.2. The van der Waals surface area contributed by atoms with Crippen LogP contribution in [0.5, 0.6) is 0 Å². The maximum absolute atomic E-state index is 12.6. The second kappa shape index (κ2) is 68.8. The standard InChI is InChI=1S/C30H48N9O24P3.6C6H14N2.6Pt/c40-19(41)7-1-13(25(52)53)31-64(32-14(26(54)55)2-8-20(42)43)37-65(33-15(27(56)57)3-9-21(44)45,34-16(28(58)59)4-10-22(46)47)39-66(38-64,35-17(29(60)61)5-11-23(48)49)36-18(30(62)63)6-12-24(50)51;6*7-5-3-1-2-4-6(5)8;;;;;;/h13-18,31-36H,1-12H2,(H,40,41)(H,42,43)(H,44,45)(H,46,47)(H,48,49)(H,50,51)(H,52,53)(H,54,55)(H,56,57)(H,58,59)(H,60,61)(H,62,63);6*5-6H,1-4,7-8H2;;;;;;/q;;;;;;;6*+2/p-12/t13-,14-,15-,16-,17-,18-;6*5-,6-;;;;;;/m0111111....../s1. The smallest absolute Gasteiger partial charge is 0.550 e. The molecule has 708 valence electrons. The summed E-state index contributed by atoms with van der Waals surface area (Å²) < 4.78 is 12.4. The molecule has 18 atom stereocenters. The normalized spacial score (nSPS) is 25.4. The summed E-state index contributed by atoms with van der Waals surface area (Å²) in [5.74, 6) is -26.1. The third-order valence-electron chi connectivity index (χ3n) is 19.6. The zero-order valence-corrected chi connectivity index (χ0v) is 82.5. The summed E-state index contributed by atoms with van der Waals surface area (Å²) in [5, 5.41) is 157. The fourth-order valence-electron chi connectivity index (χ4n) is 12.5. The quantitative estimate of drug-likeness (QED) is 0.0259. The van der Waals surface area contributed by atoms with Gasteiger partial charge >= 0.3 is 126 Å². The van der Waals surface area contributed by atoms with Gasteiger partial charge in [0.25, 0.3) is 0 Å². The first-order valence-corrected chi connectivity index (χ1v) is 43.5. The predicted octanol–water partition coefficient (Wildman–Crippen LogP) is -15.5. The molecule has 54 heteroatoms. The van der Waals surface area contributed by atoms with E-state index in [1.54, 1.807) is 0 Å². The maximum atomic E-state index is 12.6. The van der Waals surface area contributed by atoms with Gasteiger partial charge in [-0.25, -0.2) is 30.5 Å². The summed E-state index contributed by atoms with van der Waals surface area (Å²) in [6, 6.07) is -12.1. The Labute approximate surface area is 785 Å². The van der Waals surface area contributed by atoms with Crippen LogP contribution in [0.15, 0.2) is 13.5 Å². The van der Waals surface area contributed by atoms with Gasteiger partial charge in [0.15, 0.2) is 0 Å². The van der Waals surface area contributed by atoms with E-state index < -0.39 is 207 Å². The van der Waals surface area contributed by atoms with E-state index in [0.29, 0.717) is 0 Å². The molecule has 45 nitrogen and oxygen atoms in total. The molecule has 1 aliphatic heterocycles. The number of carbonyl (C=O) groups excluding carboxylic acids is 12. The van der Waals surface area contributed by atoms with Crippen LogP contribution in [0.1, 0.15) is 231 Å². The Balaban J connectivity index is -0.000000470. The molecule has 0 unspecified atom stereocenters. The van der Waals surface area contributed by atoms with E-state index in [0.717, 1.165) is 77.0 Å². The van der Waals surface area contributed by atoms with E-state index in [1.807, 2.05) is 30.5 Å². The molecule has 7 aliphatic rings. The first kappa shape index (κ1) is 129. The number of carboxylic acid groups (broad SMARTS) is 12. The minimum absolute atomic E-state index is 0. The number of aliphatic carboxylic acids is 12. The first-order chi connectivity index (χ1) is 53.3. The van der Waals surface area contributed by atoms with Crippen molar-refractivity contribution in [3.8, 4) is 0 Å². The van der Waals surface area contributed by atoms with Crippen LogP contribution in [0, 0.1) is 0 Å². The molecule has 0 radical (unpaired) electrons. The second-order valence-corrected chi connectivity index (χ2v) is 36.5. The zero-order chi connectivity index (χ0) is 86.6. The van der Waals surface area contributed by atoms with Gasteiger partial charge in [0.2, 0.25) is 22.5 Å². The largest absolute Gasteiger partial charge is 2.00 e. The van der Waals surface area contributed by atoms with Gasteiger partial charge in [-0.3, -0.25) is 0 Å². The van der Waals surface area contributed by atoms with Gasteiger partial charge in [0, 0.05) is 108 Å². The van der Waals surface area contributed by atoms with Crippen molar-refractivity contribution < 1.29 is 245 Å². The first-order valence-electron chi connectivity index (χ1n) is 38.4. The van der Waals surface area contributed by atoms with Crippen molar-refractivity contribution in [2.24, 2.45) is 82.4 Å². The number of rotatable bonds is 36. The van der Waals surface area contributed by atoms with Gasteiger partial charge in [-0.15, -0.1) is 0 Å². The van der Waals surface area contributed by atoms with E-state index >= 15 is 0 Å². The average molecular weight is 2860 g/mol. The van der Waals surface area contributed by atoms with Crippen molar-refractivity contribution in [3.05, 3.63) is 0 Å². The van der Waals surface area contributed by atoms with Gasteiger partial charge in [-0.05, 0) is 154 Å². The monoisotopic (exact) mass is 2850 g/mol. The Hall–Kier alpha value is -2.26. The summed E-state index contributed by atoms with van der Waals surface area (Å²) in [6.45, 7) is 0. The average Bonchev–Trinajstić information content (AvgIpc) is 0.729. The molecule has 6 aliphatic carbocycles. The van der Waals surface area contributed by atoms with E-state index in [1.165, 1.54) is 77.0 Å². The molecule has 30 N–H and O–H groups in total. The Morgan fingerprint density at radius 1 is 0.217 bits per heavy atom. The van der Waals surface area contributed by atoms with Crippen LogP contribution in [-0.2, 0) is 184 Å². The number of hydrogen-bond acceptors (Lipinski definition) is 45. The Morgan fingerprint density at radius 2 is 0.308 bits per heavy atom. The molecule has 0 bridgehead atoms. The van der Waals surface area contributed by atoms with Gasteiger partial charge in [0.1, 0.15) is 0 Å². The summed E-state index contributed by atoms with van der Waals surface area (Å²) >= 11 is 0. The molecular weight excluding hydrogens is 2730 g/mol. The molecule has 0 spiro atoms. The van der Waals surface area contributed by atoms with E-state index in [9.17, 15) is 119 Å². The minimum atomic E-state index is -5.60. The molecule has 7 rings (SSSR count). The Bertz CT molecular complexity index is 2680. The number of nitrogens with zero attached hydrogens (tertiary/aromatic N) is 3. The SMILES string of the molecule is N[C@@H]1CCCC[C@H]1N.N[C@@H]1CCCC[C@H]1N.N[C@@H]1CCCC[C@H]1N.N[C@@H]1CCCC[C@H]1N.N[C@@H]1CCCC[C@H]1N.N[C@@H]1CCCC[C@H]1N.O=C([O-])CC[C@H](NP1(N[C@@H](CCC(=O)[O-])C(=O)[O-])=NP(N[C@@H](CCC(=O)[O-])C(=O)[O-])(N[C@@H](CCC(=O)[O-])C(=O)[O-])=NP(N[C@@H](CCC(=O)[O-])C(=O)[O-])(N[C@@H](CCC(=O)[O-])C(=O)[O-])=N1)C(=O)[O-].[Pt+2].[Pt+2].[Pt+2].[Pt+2].[Pt+2].[Pt+2]. The molecule has 0 aromatic carbocycles. The summed E-state index contributed by atoms with van der Waals surface area (Å²) in [5.41, 5.74) is 67.8. The van der Waals surface area contributed by atoms with E-state index in [2.05, 4.69) is 13.5 Å². The van der Waals surface area contributed by atoms with Gasteiger partial charge < -0.3 is 188 Å². The fourth-order valence-corrected chi connectivity index (χ4v) is 25.1. The summed E-state index contributed by atoms with van der Waals surface area (Å²) in [4.78, 5) is 144. The van der Waals surface area contributed by atoms with Gasteiger partial charge in [-0.1, -0.05) is 77.0 Å². The molecule has 0 saturated heterocycles. The van der Waals surface area contributed by atoms with Crippen LogP contribution in [0.4, 0.5) is 0 Å². The number of hydrogen-bond donors (Lipinski definition) is 18. The Kier molecular flexibility index (Phi) is 73.7. The van der Waals surface area contributed by atoms with Crippen LogP contribution in [0.2, 0.25) is 0 Å². The van der Waals surface area contributed by atoms with Crippen LogP contribution in [0.3, 0.4) is 0 Å². The van der Waals surface area contributed by atoms with Crippen LogP contribution in [-0.4, -0.2) is 180 Å². The van der Waals surface area contributed by atoms with Crippen LogP contribution < -0.4 is 161 Å². The molecule has 6 saturated carbocycles. The minimum Gasteiger partial charge on any atom is -0.550 e. The van der Waals surface area contributed by atoms with E-state index in [-0.39, 0.29) is 199 Å². The van der Waals surface area contributed by atoms with Gasteiger partial charge in [0.05, 0.1) is 72.1 Å². The number of carboxylic acids is 12. The van der Waals surface area contributed by atoms with Crippen LogP contribution >= 0.6 is 22.5 Å². The van der Waals surface area contributed by atoms with Crippen molar-refractivity contribution in [2.75, 3.05) is 0 Å². The topological polar surface area (TPSA) is 903 Å². The molecule has 120 heavy (non-hydrogen) atoms. The summed E-state index contributed by atoms with van der Waals surface area (Å²) in [7, 11) is -16.8. The second-order valence-electron chi connectivity index (χ2n) is 29.2. The van der Waals surface area contributed by atoms with Crippen molar-refractivity contribution in [3.63, 3.8) is 0 Å². The molecular formula is C66H120N21O24P3Pt6. The van der Waals surface area contributed by atoms with Crippen molar-refractivity contribution in [1.82, 2.24) is 30.5 Å². The van der Waals surface area contributed by atoms with Crippen LogP contribution in [0.25, 0.3) is 0 Å². The molecule has 0 aromatic heterocycles. The molecule has 0 amide bonds. The van der Waals surface area contributed by atoms with E-state index in [4.69, 9.17) is 68.8 Å². The third-order valence-corrected chi connectivity index (χ3v) is 29.8. The summed E-state index contributed by atoms with van der Waals surface area (Å²) in [6.07, 6.45) is 14.0. The molecule has 1 heterocycles. The van der Waals surface area contributed by atoms with Crippen molar-refractivity contribution in [1.29, 1.82) is 0 Å². The predicted molar refractivity (Wildman–Crippen MR) is 392 cm³/mol.